The van der Waals surface area contributed by atoms with Crippen molar-refractivity contribution in [1.29, 1.82) is 0 Å². The molecule has 0 saturated heterocycles. The predicted octanol–water partition coefficient (Wildman–Crippen LogP) is 18.5. The SMILES string of the molecule is CC/C=C\C/C=C\C/C=C\C/C=C\CCCCC(=O)OCC(COP(=O)(O)OCC(CO)OC(=O)CCCCCCCCCCCCCCCCC)OC(=O)CCCCCCCCCCC/C=C\C/C=C\CCCCC. The highest BCUT2D eigenvalue weighted by molar-refractivity contribution is 7.47. The summed E-state index contributed by atoms with van der Waals surface area (Å²) in [6.07, 6.45) is 65.7. The smallest absolute Gasteiger partial charge is 0.462 e. The van der Waals surface area contributed by atoms with Gasteiger partial charge in [0.05, 0.1) is 19.8 Å². The third-order valence-corrected chi connectivity index (χ3v) is 14.1. The average molecular weight is 1090 g/mol. The highest BCUT2D eigenvalue weighted by Crippen LogP contribution is 2.43. The van der Waals surface area contributed by atoms with Gasteiger partial charge in [0.15, 0.2) is 6.10 Å². The number of rotatable bonds is 57. The standard InChI is InChI=1S/C64H113O11P/c1-4-7-10-13-16-19-22-25-28-29-30-31-34-37-40-43-46-49-52-55-64(68)75-61(57-71-62(66)53-50-47-44-41-38-35-32-26-23-20-17-14-11-8-5-2)59-73-76(69,70)72-58-60(56-65)74-63(67)54-51-48-45-42-39-36-33-27-24-21-18-15-12-9-6-3/h8,11,16-17,19-20,25-26,28,32,38,41,60-61,65H,4-7,9-10,12-15,18,21-24,27,29-31,33-37,39-40,42-59H2,1-3H3,(H,69,70)/b11-8-,19-16-,20-17-,28-25-,32-26-,41-38-. The lowest BCUT2D eigenvalue weighted by atomic mass is 10.0. The van der Waals surface area contributed by atoms with Gasteiger partial charge in [-0.15, -0.1) is 0 Å². The van der Waals surface area contributed by atoms with Crippen molar-refractivity contribution in [1.82, 2.24) is 0 Å². The Hall–Kier alpha value is -3.08. The van der Waals surface area contributed by atoms with E-state index in [1.54, 1.807) is 0 Å². The molecule has 0 aromatic heterocycles. The first-order valence-electron chi connectivity index (χ1n) is 30.8. The summed E-state index contributed by atoms with van der Waals surface area (Å²) in [4.78, 5) is 48.6. The van der Waals surface area contributed by atoms with Crippen LogP contribution < -0.4 is 0 Å². The van der Waals surface area contributed by atoms with Crippen LogP contribution in [-0.4, -0.2) is 66.5 Å². The fraction of sp³-hybridized carbons (Fsp3) is 0.766. The van der Waals surface area contributed by atoms with Crippen LogP contribution in [0.3, 0.4) is 0 Å². The molecule has 3 unspecified atom stereocenters. The third-order valence-electron chi connectivity index (χ3n) is 13.1. The lowest BCUT2D eigenvalue weighted by Gasteiger charge is -2.21. The largest absolute Gasteiger partial charge is 0.472 e. The molecular formula is C64H113O11P. The number of allylic oxidation sites excluding steroid dienone is 12. The monoisotopic (exact) mass is 1090 g/mol. The van der Waals surface area contributed by atoms with E-state index in [1.165, 1.54) is 128 Å². The summed E-state index contributed by atoms with van der Waals surface area (Å²) in [6.45, 7) is 4.49. The van der Waals surface area contributed by atoms with Crippen molar-refractivity contribution in [2.45, 2.75) is 290 Å². The van der Waals surface area contributed by atoms with Gasteiger partial charge >= 0.3 is 25.7 Å². The van der Waals surface area contributed by atoms with E-state index in [4.69, 9.17) is 23.3 Å². The van der Waals surface area contributed by atoms with Crippen LogP contribution in [0.5, 0.6) is 0 Å². The zero-order valence-corrected chi connectivity index (χ0v) is 49.6. The van der Waals surface area contributed by atoms with E-state index in [9.17, 15) is 28.9 Å². The fourth-order valence-corrected chi connectivity index (χ4v) is 9.22. The molecule has 76 heavy (non-hydrogen) atoms. The maximum Gasteiger partial charge on any atom is 0.472 e. The van der Waals surface area contributed by atoms with Crippen LogP contribution in [0.1, 0.15) is 278 Å². The highest BCUT2D eigenvalue weighted by Gasteiger charge is 2.28. The molecule has 3 atom stereocenters. The zero-order chi connectivity index (χ0) is 55.5. The minimum absolute atomic E-state index is 0.153. The van der Waals surface area contributed by atoms with Crippen molar-refractivity contribution in [2.24, 2.45) is 0 Å². The molecule has 0 aliphatic rings. The van der Waals surface area contributed by atoms with Gasteiger partial charge < -0.3 is 24.2 Å². The lowest BCUT2D eigenvalue weighted by molar-refractivity contribution is -0.161. The molecule has 0 aromatic carbocycles. The summed E-state index contributed by atoms with van der Waals surface area (Å²) < 4.78 is 39.6. The van der Waals surface area contributed by atoms with Crippen molar-refractivity contribution in [2.75, 3.05) is 26.4 Å². The number of carbonyl (C=O) groups is 3. The van der Waals surface area contributed by atoms with Gasteiger partial charge in [-0.05, 0) is 89.9 Å². The van der Waals surface area contributed by atoms with Gasteiger partial charge in [-0.1, -0.05) is 241 Å². The van der Waals surface area contributed by atoms with Crippen LogP contribution in [0, 0.1) is 0 Å². The topological polar surface area (TPSA) is 155 Å². The van der Waals surface area contributed by atoms with E-state index in [-0.39, 0.29) is 25.9 Å². The molecule has 0 aromatic rings. The van der Waals surface area contributed by atoms with Gasteiger partial charge in [-0.3, -0.25) is 23.4 Å². The molecule has 0 bridgehead atoms. The van der Waals surface area contributed by atoms with Crippen LogP contribution in [-0.2, 0) is 42.2 Å². The third kappa shape index (κ3) is 55.7. The van der Waals surface area contributed by atoms with E-state index >= 15 is 0 Å². The molecule has 0 aliphatic carbocycles. The number of unbranched alkanes of at least 4 members (excludes halogenated alkanes) is 28. The number of aliphatic hydroxyl groups excluding tert-OH is 1. The lowest BCUT2D eigenvalue weighted by Crippen LogP contribution is -2.30. The molecule has 0 saturated carbocycles. The summed E-state index contributed by atoms with van der Waals surface area (Å²) >= 11 is 0. The Bertz CT molecular complexity index is 1550. The quantitative estimate of drug-likeness (QED) is 0.0197. The molecule has 0 radical (unpaired) electrons. The first-order chi connectivity index (χ1) is 37.2. The van der Waals surface area contributed by atoms with Crippen LogP contribution in [0.15, 0.2) is 72.9 Å². The highest BCUT2D eigenvalue weighted by atomic mass is 31.2. The molecule has 2 N–H and O–H groups in total. The predicted molar refractivity (Wildman–Crippen MR) is 316 cm³/mol. The molecule has 0 spiro atoms. The van der Waals surface area contributed by atoms with Crippen LogP contribution in [0.25, 0.3) is 0 Å². The zero-order valence-electron chi connectivity index (χ0n) is 48.7. The molecule has 440 valence electrons. The van der Waals surface area contributed by atoms with Crippen LogP contribution in [0.4, 0.5) is 0 Å². The van der Waals surface area contributed by atoms with Crippen molar-refractivity contribution in [3.05, 3.63) is 72.9 Å². The van der Waals surface area contributed by atoms with E-state index in [1.807, 2.05) is 0 Å². The maximum absolute atomic E-state index is 12.9. The van der Waals surface area contributed by atoms with Gasteiger partial charge in [0.1, 0.15) is 12.7 Å². The van der Waals surface area contributed by atoms with Crippen LogP contribution >= 0.6 is 7.82 Å². The summed E-state index contributed by atoms with van der Waals surface area (Å²) in [5.41, 5.74) is 0. The molecule has 0 aliphatic heterocycles. The Morgan fingerprint density at radius 2 is 0.684 bits per heavy atom. The van der Waals surface area contributed by atoms with Crippen molar-refractivity contribution >= 4 is 25.7 Å². The Balaban J connectivity index is 4.74. The van der Waals surface area contributed by atoms with Crippen molar-refractivity contribution < 1.29 is 52.2 Å². The summed E-state index contributed by atoms with van der Waals surface area (Å²) in [6, 6.07) is 0. The number of ether oxygens (including phenoxy) is 3. The minimum atomic E-state index is -4.76. The number of phosphoric acid groups is 1. The first-order valence-corrected chi connectivity index (χ1v) is 32.3. The number of aliphatic hydroxyl groups is 1. The second kappa shape index (κ2) is 58.1. The Morgan fingerprint density at radius 3 is 1.11 bits per heavy atom. The van der Waals surface area contributed by atoms with E-state index in [0.29, 0.717) is 19.3 Å². The van der Waals surface area contributed by atoms with Crippen LogP contribution in [0.2, 0.25) is 0 Å². The second-order valence-electron chi connectivity index (χ2n) is 20.5. The van der Waals surface area contributed by atoms with Gasteiger partial charge in [0.25, 0.3) is 0 Å². The van der Waals surface area contributed by atoms with E-state index in [0.717, 1.165) is 89.9 Å². The van der Waals surface area contributed by atoms with E-state index < -0.39 is 57.8 Å². The number of carbonyl (C=O) groups excluding carboxylic acids is 3. The molecule has 11 nitrogen and oxygen atoms in total. The summed E-state index contributed by atoms with van der Waals surface area (Å²) in [5, 5.41) is 9.83. The second-order valence-corrected chi connectivity index (χ2v) is 21.9. The van der Waals surface area contributed by atoms with Crippen molar-refractivity contribution in [3.8, 4) is 0 Å². The summed E-state index contributed by atoms with van der Waals surface area (Å²) in [5.74, 6) is -1.51. The number of hydrogen-bond acceptors (Lipinski definition) is 10. The van der Waals surface area contributed by atoms with Gasteiger partial charge in [-0.2, -0.15) is 0 Å². The molecule has 0 amide bonds. The summed E-state index contributed by atoms with van der Waals surface area (Å²) in [7, 11) is -4.76. The fourth-order valence-electron chi connectivity index (χ4n) is 8.44. The van der Waals surface area contributed by atoms with Gasteiger partial charge in [0.2, 0.25) is 0 Å². The number of phosphoric ester groups is 1. The maximum atomic E-state index is 12.9. The molecule has 12 heteroatoms. The molecule has 0 rings (SSSR count). The minimum Gasteiger partial charge on any atom is -0.462 e. The van der Waals surface area contributed by atoms with Gasteiger partial charge in [0, 0.05) is 19.3 Å². The average Bonchev–Trinajstić information content (AvgIpc) is 3.41. The first kappa shape index (κ1) is 72.9. The molecular weight excluding hydrogens is 976 g/mol. The van der Waals surface area contributed by atoms with E-state index in [2.05, 4.69) is 93.7 Å². The Kier molecular flexibility index (Phi) is 55.7. The Morgan fingerprint density at radius 1 is 0.382 bits per heavy atom. The number of esters is 3. The number of hydrogen-bond donors (Lipinski definition) is 2. The molecule has 0 heterocycles. The normalized spacial score (nSPS) is 13.8. The van der Waals surface area contributed by atoms with Gasteiger partial charge in [-0.25, -0.2) is 4.57 Å². The Labute approximate surface area is 465 Å². The molecule has 0 fully saturated rings. The van der Waals surface area contributed by atoms with Crippen molar-refractivity contribution in [3.63, 3.8) is 0 Å².